The van der Waals surface area contributed by atoms with E-state index in [0.717, 1.165) is 0 Å². The van der Waals surface area contributed by atoms with Gasteiger partial charge in [0, 0.05) is 18.0 Å². The Labute approximate surface area is 117 Å². The van der Waals surface area contributed by atoms with Gasteiger partial charge in [-0.15, -0.1) is 0 Å². The van der Waals surface area contributed by atoms with Gasteiger partial charge in [-0.2, -0.15) is 5.26 Å². The van der Waals surface area contributed by atoms with Crippen LogP contribution in [0, 0.1) is 16.7 Å². The third-order valence-corrected chi connectivity index (χ3v) is 3.26. The normalized spacial score (nSPS) is 14.8. The molecule has 0 aliphatic carbocycles. The highest BCUT2D eigenvalue weighted by atomic mass is 19.1. The highest BCUT2D eigenvalue weighted by molar-refractivity contribution is 5.82. The zero-order valence-electron chi connectivity index (χ0n) is 11.5. The Bertz CT molecular complexity index is 566. The molecule has 0 unspecified atom stereocenters. The standard InChI is InChI=1S/C14H16FN3O2/c1-14(2,9-15)13(19)18-3-4-20-12-10(5-16)6-17-7-11(12)8-18/h6-7H,3-4,8-9H2,1-2H3. The summed E-state index contributed by atoms with van der Waals surface area (Å²) in [5, 5.41) is 9.03. The molecule has 1 aromatic heterocycles. The minimum atomic E-state index is -1.05. The number of alkyl halides is 1. The summed E-state index contributed by atoms with van der Waals surface area (Å²) in [6.45, 7) is 3.35. The number of rotatable bonds is 2. The fourth-order valence-electron chi connectivity index (χ4n) is 2.06. The third kappa shape index (κ3) is 2.57. The molecule has 106 valence electrons. The van der Waals surface area contributed by atoms with E-state index in [0.29, 0.717) is 23.4 Å². The van der Waals surface area contributed by atoms with Crippen molar-refractivity contribution in [1.82, 2.24) is 9.88 Å². The van der Waals surface area contributed by atoms with Gasteiger partial charge in [-0.1, -0.05) is 0 Å². The minimum Gasteiger partial charge on any atom is -0.490 e. The molecule has 2 heterocycles. The Morgan fingerprint density at radius 3 is 3.00 bits per heavy atom. The number of carbonyl (C=O) groups is 1. The Morgan fingerprint density at radius 2 is 2.35 bits per heavy atom. The largest absolute Gasteiger partial charge is 0.490 e. The summed E-state index contributed by atoms with van der Waals surface area (Å²) in [6, 6.07) is 2.02. The van der Waals surface area contributed by atoms with E-state index in [-0.39, 0.29) is 19.1 Å². The van der Waals surface area contributed by atoms with Crippen molar-refractivity contribution in [1.29, 1.82) is 5.26 Å². The van der Waals surface area contributed by atoms with Crippen molar-refractivity contribution in [3.05, 3.63) is 23.5 Å². The molecule has 0 saturated heterocycles. The quantitative estimate of drug-likeness (QED) is 0.824. The number of pyridine rings is 1. The number of ether oxygens (including phenoxy) is 1. The number of nitrogens with zero attached hydrogens (tertiary/aromatic N) is 3. The smallest absolute Gasteiger partial charge is 0.231 e. The lowest BCUT2D eigenvalue weighted by Crippen LogP contribution is -2.42. The molecule has 0 bridgehead atoms. The summed E-state index contributed by atoms with van der Waals surface area (Å²) < 4.78 is 18.5. The summed E-state index contributed by atoms with van der Waals surface area (Å²) in [7, 11) is 0. The van der Waals surface area contributed by atoms with Gasteiger partial charge in [-0.05, 0) is 13.8 Å². The first kappa shape index (κ1) is 14.3. The Morgan fingerprint density at radius 1 is 1.60 bits per heavy atom. The molecule has 1 aliphatic heterocycles. The van der Waals surface area contributed by atoms with Gasteiger partial charge >= 0.3 is 0 Å². The number of hydrogen-bond donors (Lipinski definition) is 0. The fraction of sp³-hybridized carbons (Fsp3) is 0.500. The lowest BCUT2D eigenvalue weighted by Gasteiger charge is -2.28. The molecule has 1 aliphatic rings. The van der Waals surface area contributed by atoms with Crippen molar-refractivity contribution in [2.45, 2.75) is 20.4 Å². The molecule has 0 saturated carbocycles. The summed E-state index contributed by atoms with van der Waals surface area (Å²) >= 11 is 0. The van der Waals surface area contributed by atoms with Crippen LogP contribution in [0.3, 0.4) is 0 Å². The van der Waals surface area contributed by atoms with Crippen LogP contribution >= 0.6 is 0 Å². The zero-order valence-corrected chi connectivity index (χ0v) is 11.5. The van der Waals surface area contributed by atoms with E-state index in [1.165, 1.54) is 6.20 Å². The van der Waals surface area contributed by atoms with Gasteiger partial charge in [-0.3, -0.25) is 9.78 Å². The molecule has 1 aromatic rings. The maximum atomic E-state index is 13.0. The monoisotopic (exact) mass is 277 g/mol. The van der Waals surface area contributed by atoms with E-state index >= 15 is 0 Å². The molecule has 5 nitrogen and oxygen atoms in total. The maximum Gasteiger partial charge on any atom is 0.231 e. The Kier molecular flexibility index (Phi) is 3.89. The van der Waals surface area contributed by atoms with E-state index in [1.807, 2.05) is 6.07 Å². The topological polar surface area (TPSA) is 66.2 Å². The molecule has 0 N–H and O–H groups in total. The molecule has 20 heavy (non-hydrogen) atoms. The molecular formula is C14H16FN3O2. The van der Waals surface area contributed by atoms with Crippen LogP contribution in [0.4, 0.5) is 4.39 Å². The number of halogens is 1. The maximum absolute atomic E-state index is 13.0. The first-order valence-corrected chi connectivity index (χ1v) is 6.34. The third-order valence-electron chi connectivity index (χ3n) is 3.26. The first-order valence-electron chi connectivity index (χ1n) is 6.34. The van der Waals surface area contributed by atoms with Crippen molar-refractivity contribution in [3.8, 4) is 11.8 Å². The lowest BCUT2D eigenvalue weighted by atomic mass is 9.93. The minimum absolute atomic E-state index is 0.265. The van der Waals surface area contributed by atoms with Gasteiger partial charge in [0.15, 0.2) is 0 Å². The van der Waals surface area contributed by atoms with Crippen molar-refractivity contribution >= 4 is 5.91 Å². The Balaban J connectivity index is 2.30. The van der Waals surface area contributed by atoms with Gasteiger partial charge in [0.05, 0.1) is 18.5 Å². The van der Waals surface area contributed by atoms with Crippen LogP contribution in [0.25, 0.3) is 0 Å². The molecule has 0 fully saturated rings. The first-order chi connectivity index (χ1) is 9.49. The van der Waals surface area contributed by atoms with Crippen LogP contribution in [0.5, 0.6) is 5.75 Å². The van der Waals surface area contributed by atoms with Gasteiger partial charge < -0.3 is 9.64 Å². The van der Waals surface area contributed by atoms with Crippen molar-refractivity contribution in [2.24, 2.45) is 5.41 Å². The highest BCUT2D eigenvalue weighted by Gasteiger charge is 2.33. The van der Waals surface area contributed by atoms with Gasteiger partial charge in [0.2, 0.25) is 5.91 Å². The number of fused-ring (bicyclic) bond motifs is 1. The number of nitriles is 1. The van der Waals surface area contributed by atoms with Crippen LogP contribution in [-0.2, 0) is 11.3 Å². The van der Waals surface area contributed by atoms with Crippen LogP contribution in [0.1, 0.15) is 25.0 Å². The van der Waals surface area contributed by atoms with Crippen molar-refractivity contribution < 1.29 is 13.9 Å². The number of aromatic nitrogens is 1. The second-order valence-electron chi connectivity index (χ2n) is 5.38. The molecule has 0 radical (unpaired) electrons. The van der Waals surface area contributed by atoms with Crippen LogP contribution in [-0.4, -0.2) is 35.6 Å². The average Bonchev–Trinajstić information content (AvgIpc) is 2.68. The average molecular weight is 277 g/mol. The summed E-state index contributed by atoms with van der Waals surface area (Å²) in [5.41, 5.74) is -0.0313. The second-order valence-corrected chi connectivity index (χ2v) is 5.38. The van der Waals surface area contributed by atoms with E-state index < -0.39 is 12.1 Å². The van der Waals surface area contributed by atoms with E-state index in [1.54, 1.807) is 24.9 Å². The molecule has 0 spiro atoms. The number of carbonyl (C=O) groups excluding carboxylic acids is 1. The van der Waals surface area contributed by atoms with Gasteiger partial charge in [0.25, 0.3) is 0 Å². The SMILES string of the molecule is CC(C)(CF)C(=O)N1CCOc2c(C#N)cncc2C1. The fourth-order valence-corrected chi connectivity index (χ4v) is 2.06. The summed E-state index contributed by atoms with van der Waals surface area (Å²) in [4.78, 5) is 17.8. The zero-order chi connectivity index (χ0) is 14.8. The number of hydrogen-bond acceptors (Lipinski definition) is 4. The summed E-state index contributed by atoms with van der Waals surface area (Å²) in [6.07, 6.45) is 3.01. The molecule has 0 aromatic carbocycles. The molecular weight excluding hydrogens is 261 g/mol. The van der Waals surface area contributed by atoms with Gasteiger partial charge in [0.1, 0.15) is 30.7 Å². The van der Waals surface area contributed by atoms with E-state index in [9.17, 15) is 9.18 Å². The van der Waals surface area contributed by atoms with Crippen LogP contribution in [0.2, 0.25) is 0 Å². The molecule has 0 atom stereocenters. The second kappa shape index (κ2) is 5.45. The summed E-state index contributed by atoms with van der Waals surface area (Å²) in [5.74, 6) is 0.203. The van der Waals surface area contributed by atoms with Crippen LogP contribution in [0.15, 0.2) is 12.4 Å². The van der Waals surface area contributed by atoms with Crippen LogP contribution < -0.4 is 4.74 Å². The number of amides is 1. The predicted molar refractivity (Wildman–Crippen MR) is 69.6 cm³/mol. The molecule has 2 rings (SSSR count). The molecule has 6 heteroatoms. The van der Waals surface area contributed by atoms with Crippen molar-refractivity contribution in [2.75, 3.05) is 19.8 Å². The lowest BCUT2D eigenvalue weighted by molar-refractivity contribution is -0.142. The highest BCUT2D eigenvalue weighted by Crippen LogP contribution is 2.28. The predicted octanol–water partition coefficient (Wildman–Crippen LogP) is 1.67. The van der Waals surface area contributed by atoms with Gasteiger partial charge in [-0.25, -0.2) is 4.39 Å². The van der Waals surface area contributed by atoms with E-state index in [4.69, 9.17) is 10.00 Å². The van der Waals surface area contributed by atoms with Crippen molar-refractivity contribution in [3.63, 3.8) is 0 Å². The Hall–Kier alpha value is -2.16. The molecule has 1 amide bonds. The van der Waals surface area contributed by atoms with E-state index in [2.05, 4.69) is 4.98 Å².